The predicted molar refractivity (Wildman–Crippen MR) is 81.6 cm³/mol. The van der Waals surface area contributed by atoms with E-state index in [0.29, 0.717) is 6.54 Å². The molecule has 0 bridgehead atoms. The van der Waals surface area contributed by atoms with Crippen LogP contribution in [0.15, 0.2) is 23.3 Å². The van der Waals surface area contributed by atoms with Gasteiger partial charge in [-0.15, -0.1) is 0 Å². The number of aliphatic imine (C=N–C) groups is 1. The van der Waals surface area contributed by atoms with Gasteiger partial charge in [-0.3, -0.25) is 4.99 Å². The highest BCUT2D eigenvalue weighted by atomic mass is 16.3. The maximum atomic E-state index is 9.38. The van der Waals surface area contributed by atoms with Gasteiger partial charge in [-0.25, -0.2) is 0 Å². The lowest BCUT2D eigenvalue weighted by atomic mass is 10.1. The molecule has 0 amide bonds. The van der Waals surface area contributed by atoms with Crippen LogP contribution >= 0.6 is 0 Å². The van der Waals surface area contributed by atoms with E-state index in [-0.39, 0.29) is 12.0 Å². The molecule has 0 unspecified atom stereocenters. The molecule has 20 heavy (non-hydrogen) atoms. The SMILES string of the molecule is CCNC(=NCC1(CO)CC1)N(C)Cc1cccn1C. The van der Waals surface area contributed by atoms with Crippen LogP contribution in [0.25, 0.3) is 0 Å². The molecular weight excluding hydrogens is 252 g/mol. The molecule has 1 aliphatic rings. The molecule has 0 spiro atoms. The van der Waals surface area contributed by atoms with Crippen LogP contribution in [-0.4, -0.2) is 47.3 Å². The highest BCUT2D eigenvalue weighted by molar-refractivity contribution is 5.79. The van der Waals surface area contributed by atoms with Crippen molar-refractivity contribution in [2.45, 2.75) is 26.3 Å². The van der Waals surface area contributed by atoms with Gasteiger partial charge in [-0.2, -0.15) is 0 Å². The van der Waals surface area contributed by atoms with Crippen molar-refractivity contribution in [3.05, 3.63) is 24.0 Å². The van der Waals surface area contributed by atoms with Crippen LogP contribution in [0.4, 0.5) is 0 Å². The molecule has 1 aliphatic carbocycles. The van der Waals surface area contributed by atoms with Gasteiger partial charge >= 0.3 is 0 Å². The molecule has 0 atom stereocenters. The van der Waals surface area contributed by atoms with Crippen molar-refractivity contribution in [2.75, 3.05) is 26.7 Å². The van der Waals surface area contributed by atoms with Crippen LogP contribution < -0.4 is 5.32 Å². The van der Waals surface area contributed by atoms with E-state index in [1.165, 1.54) is 5.69 Å². The first-order chi connectivity index (χ1) is 9.60. The fourth-order valence-electron chi connectivity index (χ4n) is 2.23. The van der Waals surface area contributed by atoms with E-state index in [0.717, 1.165) is 31.9 Å². The van der Waals surface area contributed by atoms with Gasteiger partial charge in [0.2, 0.25) is 0 Å². The summed E-state index contributed by atoms with van der Waals surface area (Å²) in [4.78, 5) is 6.82. The highest BCUT2D eigenvalue weighted by Gasteiger charge is 2.41. The largest absolute Gasteiger partial charge is 0.396 e. The third-order valence-electron chi connectivity index (χ3n) is 4.00. The summed E-state index contributed by atoms with van der Waals surface area (Å²) in [6.07, 6.45) is 4.24. The first kappa shape index (κ1) is 14.9. The molecule has 0 aliphatic heterocycles. The predicted octanol–water partition coefficient (Wildman–Crippen LogP) is 1.19. The molecule has 1 aromatic heterocycles. The van der Waals surface area contributed by atoms with Gasteiger partial charge in [-0.05, 0) is 31.9 Å². The van der Waals surface area contributed by atoms with Crippen LogP contribution in [0.3, 0.4) is 0 Å². The number of aliphatic hydroxyl groups is 1. The Hall–Kier alpha value is -1.49. The topological polar surface area (TPSA) is 52.8 Å². The summed E-state index contributed by atoms with van der Waals surface area (Å²) < 4.78 is 2.12. The Bertz CT molecular complexity index is 462. The third-order valence-corrected chi connectivity index (χ3v) is 4.00. The zero-order chi connectivity index (χ0) is 14.6. The van der Waals surface area contributed by atoms with E-state index in [9.17, 15) is 5.11 Å². The molecule has 1 fully saturated rings. The molecule has 112 valence electrons. The molecule has 1 heterocycles. The number of nitrogens with one attached hydrogen (secondary N) is 1. The van der Waals surface area contributed by atoms with Gasteiger partial charge in [0.15, 0.2) is 5.96 Å². The summed E-state index contributed by atoms with van der Waals surface area (Å²) in [6, 6.07) is 4.17. The Morgan fingerprint density at radius 3 is 2.80 bits per heavy atom. The van der Waals surface area contributed by atoms with Gasteiger partial charge in [0.1, 0.15) is 0 Å². The van der Waals surface area contributed by atoms with Crippen LogP contribution in [-0.2, 0) is 13.6 Å². The molecule has 2 N–H and O–H groups in total. The van der Waals surface area contributed by atoms with Crippen molar-refractivity contribution in [2.24, 2.45) is 17.5 Å². The van der Waals surface area contributed by atoms with E-state index in [2.05, 4.69) is 47.1 Å². The van der Waals surface area contributed by atoms with E-state index in [1.54, 1.807) is 0 Å². The monoisotopic (exact) mass is 278 g/mol. The van der Waals surface area contributed by atoms with E-state index < -0.39 is 0 Å². The molecule has 1 aromatic rings. The molecule has 0 aromatic carbocycles. The Morgan fingerprint density at radius 2 is 2.30 bits per heavy atom. The second-order valence-corrected chi connectivity index (χ2v) is 5.79. The smallest absolute Gasteiger partial charge is 0.194 e. The van der Waals surface area contributed by atoms with Crippen molar-refractivity contribution in [1.29, 1.82) is 0 Å². The van der Waals surface area contributed by atoms with E-state index >= 15 is 0 Å². The van der Waals surface area contributed by atoms with Gasteiger partial charge in [0, 0.05) is 37.9 Å². The number of rotatable bonds is 6. The quantitative estimate of drug-likeness (QED) is 0.607. The molecule has 2 rings (SSSR count). The van der Waals surface area contributed by atoms with Gasteiger partial charge < -0.3 is 19.9 Å². The summed E-state index contributed by atoms with van der Waals surface area (Å²) >= 11 is 0. The minimum atomic E-state index is 0.0620. The maximum Gasteiger partial charge on any atom is 0.194 e. The number of aliphatic hydroxyl groups excluding tert-OH is 1. The second-order valence-electron chi connectivity index (χ2n) is 5.79. The summed E-state index contributed by atoms with van der Waals surface area (Å²) in [5.74, 6) is 0.911. The normalized spacial score (nSPS) is 17.1. The minimum Gasteiger partial charge on any atom is -0.396 e. The van der Waals surface area contributed by atoms with Crippen molar-refractivity contribution in [1.82, 2.24) is 14.8 Å². The molecular formula is C15H26N4O. The standard InChI is InChI=1S/C15H26N4O/c1-4-16-14(17-11-15(12-20)7-8-15)19(3)10-13-6-5-9-18(13)2/h5-6,9,20H,4,7-8,10-12H2,1-3H3,(H,16,17). The number of nitrogens with zero attached hydrogens (tertiary/aromatic N) is 3. The van der Waals surface area contributed by atoms with E-state index in [1.807, 2.05) is 7.05 Å². The molecule has 5 heteroatoms. The highest BCUT2D eigenvalue weighted by Crippen LogP contribution is 2.45. The van der Waals surface area contributed by atoms with Crippen molar-refractivity contribution >= 4 is 5.96 Å². The van der Waals surface area contributed by atoms with Gasteiger partial charge in [0.25, 0.3) is 0 Å². The molecule has 5 nitrogen and oxygen atoms in total. The molecule has 1 saturated carbocycles. The first-order valence-electron chi connectivity index (χ1n) is 7.31. The lowest BCUT2D eigenvalue weighted by Gasteiger charge is -2.23. The summed E-state index contributed by atoms with van der Waals surface area (Å²) in [5.41, 5.74) is 1.31. The Balaban J connectivity index is 1.99. The third kappa shape index (κ3) is 3.54. The minimum absolute atomic E-state index is 0.0620. The average molecular weight is 278 g/mol. The van der Waals surface area contributed by atoms with Gasteiger partial charge in [-0.1, -0.05) is 0 Å². The number of aromatic nitrogens is 1. The first-order valence-corrected chi connectivity index (χ1v) is 7.31. The van der Waals surface area contributed by atoms with Crippen LogP contribution in [0.2, 0.25) is 0 Å². The lowest BCUT2D eigenvalue weighted by Crippen LogP contribution is -2.39. The summed E-state index contributed by atoms with van der Waals surface area (Å²) in [5, 5.41) is 12.7. The van der Waals surface area contributed by atoms with Crippen LogP contribution in [0.5, 0.6) is 0 Å². The summed E-state index contributed by atoms with van der Waals surface area (Å²) in [6.45, 7) is 4.70. The number of guanidine groups is 1. The number of hydrogen-bond acceptors (Lipinski definition) is 2. The molecule has 0 saturated heterocycles. The second kappa shape index (κ2) is 6.31. The number of hydrogen-bond donors (Lipinski definition) is 2. The number of aryl methyl sites for hydroxylation is 1. The van der Waals surface area contributed by atoms with Crippen molar-refractivity contribution in [3.8, 4) is 0 Å². The maximum absolute atomic E-state index is 9.38. The average Bonchev–Trinajstić information content (AvgIpc) is 3.12. The Kier molecular flexibility index (Phi) is 4.70. The van der Waals surface area contributed by atoms with Crippen molar-refractivity contribution in [3.63, 3.8) is 0 Å². The van der Waals surface area contributed by atoms with Crippen LogP contribution in [0, 0.1) is 5.41 Å². The zero-order valence-corrected chi connectivity index (χ0v) is 12.8. The lowest BCUT2D eigenvalue weighted by molar-refractivity contribution is 0.216. The zero-order valence-electron chi connectivity index (χ0n) is 12.8. The Morgan fingerprint density at radius 1 is 1.55 bits per heavy atom. The van der Waals surface area contributed by atoms with Crippen LogP contribution in [0.1, 0.15) is 25.5 Å². The Labute approximate surface area is 121 Å². The summed E-state index contributed by atoms with van der Waals surface area (Å²) in [7, 11) is 4.10. The van der Waals surface area contributed by atoms with Gasteiger partial charge in [0.05, 0.1) is 19.7 Å². The molecule has 0 radical (unpaired) electrons. The van der Waals surface area contributed by atoms with Crippen molar-refractivity contribution < 1.29 is 5.11 Å². The fourth-order valence-corrected chi connectivity index (χ4v) is 2.23. The fraction of sp³-hybridized carbons (Fsp3) is 0.667. The van der Waals surface area contributed by atoms with E-state index in [4.69, 9.17) is 4.99 Å².